The summed E-state index contributed by atoms with van der Waals surface area (Å²) in [6, 6.07) is 4.24. The zero-order valence-corrected chi connectivity index (χ0v) is 12.3. The highest BCUT2D eigenvalue weighted by Gasteiger charge is 2.20. The third kappa shape index (κ3) is 4.64. The first-order chi connectivity index (χ1) is 9.18. The van der Waals surface area contributed by atoms with E-state index in [1.54, 1.807) is 0 Å². The smallest absolute Gasteiger partial charge is 0.0217 e. The molecule has 4 heteroatoms. The van der Waals surface area contributed by atoms with Crippen LogP contribution in [0.2, 0.25) is 0 Å². The van der Waals surface area contributed by atoms with Crippen molar-refractivity contribution < 1.29 is 0 Å². The summed E-state index contributed by atoms with van der Waals surface area (Å²) in [6.45, 7) is 12.6. The molecule has 2 rings (SSSR count). The van der Waals surface area contributed by atoms with E-state index >= 15 is 0 Å². The monoisotopic (exact) mass is 264 g/mol. The maximum absolute atomic E-state index is 3.59. The first kappa shape index (κ1) is 14.6. The molecule has 1 fully saturated rings. The van der Waals surface area contributed by atoms with E-state index in [2.05, 4.69) is 46.5 Å². The number of hydrogen-bond donors (Lipinski definition) is 3. The summed E-state index contributed by atoms with van der Waals surface area (Å²) in [7, 11) is 0. The summed E-state index contributed by atoms with van der Waals surface area (Å²) in [5, 5.41) is 6.98. The van der Waals surface area contributed by atoms with Crippen LogP contribution in [0, 0.1) is 0 Å². The van der Waals surface area contributed by atoms with E-state index in [-0.39, 0.29) is 5.41 Å². The predicted octanol–water partition coefficient (Wildman–Crippen LogP) is 1.18. The summed E-state index contributed by atoms with van der Waals surface area (Å²) in [5.41, 5.74) is 1.49. The molecule has 0 amide bonds. The van der Waals surface area contributed by atoms with Crippen molar-refractivity contribution in [2.75, 3.05) is 45.8 Å². The Bertz CT molecular complexity index is 339. The number of hydrogen-bond acceptors (Lipinski definition) is 3. The van der Waals surface area contributed by atoms with Crippen molar-refractivity contribution in [3.05, 3.63) is 24.0 Å². The van der Waals surface area contributed by atoms with E-state index in [4.69, 9.17) is 0 Å². The number of aromatic amines is 1. The third-order valence-corrected chi connectivity index (χ3v) is 3.93. The van der Waals surface area contributed by atoms with Crippen molar-refractivity contribution in [2.24, 2.45) is 0 Å². The Kier molecular flexibility index (Phi) is 5.43. The second kappa shape index (κ2) is 7.08. The summed E-state index contributed by atoms with van der Waals surface area (Å²) in [4.78, 5) is 5.86. The van der Waals surface area contributed by atoms with Crippen LogP contribution in [0.3, 0.4) is 0 Å². The number of aromatic nitrogens is 1. The zero-order chi connectivity index (χ0) is 13.6. The number of nitrogens with one attached hydrogen (secondary N) is 3. The van der Waals surface area contributed by atoms with Gasteiger partial charge in [0.05, 0.1) is 0 Å². The Morgan fingerprint density at radius 1 is 1.32 bits per heavy atom. The van der Waals surface area contributed by atoms with Crippen LogP contribution in [0.1, 0.15) is 26.0 Å². The Hall–Kier alpha value is -0.840. The molecule has 1 aliphatic rings. The van der Waals surface area contributed by atoms with Crippen molar-refractivity contribution in [1.29, 1.82) is 0 Å². The Morgan fingerprint density at radius 2 is 2.11 bits per heavy atom. The van der Waals surface area contributed by atoms with Crippen molar-refractivity contribution >= 4 is 0 Å². The number of piperazine rings is 1. The lowest BCUT2D eigenvalue weighted by molar-refractivity contribution is 0.237. The molecule has 3 N–H and O–H groups in total. The van der Waals surface area contributed by atoms with E-state index in [9.17, 15) is 0 Å². The maximum Gasteiger partial charge on any atom is 0.0217 e. The molecular weight excluding hydrogens is 236 g/mol. The van der Waals surface area contributed by atoms with E-state index in [1.165, 1.54) is 31.7 Å². The van der Waals surface area contributed by atoms with Gasteiger partial charge in [-0.05, 0) is 31.6 Å². The fourth-order valence-corrected chi connectivity index (χ4v) is 2.61. The van der Waals surface area contributed by atoms with Gasteiger partial charge in [0.15, 0.2) is 0 Å². The van der Waals surface area contributed by atoms with Gasteiger partial charge in [-0.25, -0.2) is 0 Å². The van der Waals surface area contributed by atoms with E-state index < -0.39 is 0 Å². The van der Waals surface area contributed by atoms with Gasteiger partial charge in [-0.2, -0.15) is 0 Å². The SMILES string of the molecule is CC(C)(CNCCCN1CCNCC1)c1ccc[nH]1. The molecule has 108 valence electrons. The average Bonchev–Trinajstić information content (AvgIpc) is 2.94. The minimum atomic E-state index is 0.179. The molecule has 0 atom stereocenters. The topological polar surface area (TPSA) is 43.1 Å². The van der Waals surface area contributed by atoms with Crippen LogP contribution >= 0.6 is 0 Å². The quantitative estimate of drug-likeness (QED) is 0.648. The standard InChI is InChI=1S/C15H28N4/c1-15(2,14-5-3-7-18-14)13-17-6-4-10-19-11-8-16-9-12-19/h3,5,7,16-18H,4,6,8-13H2,1-2H3. The fourth-order valence-electron chi connectivity index (χ4n) is 2.61. The van der Waals surface area contributed by atoms with Gasteiger partial charge in [0.1, 0.15) is 0 Å². The van der Waals surface area contributed by atoms with Gasteiger partial charge in [-0.3, -0.25) is 0 Å². The molecule has 0 bridgehead atoms. The molecule has 0 aliphatic carbocycles. The van der Waals surface area contributed by atoms with Crippen LogP contribution in [-0.4, -0.2) is 55.7 Å². The Morgan fingerprint density at radius 3 is 2.79 bits per heavy atom. The lowest BCUT2D eigenvalue weighted by atomic mass is 9.89. The van der Waals surface area contributed by atoms with E-state index in [1.807, 2.05) is 6.20 Å². The summed E-state index contributed by atoms with van der Waals surface area (Å²) >= 11 is 0. The van der Waals surface area contributed by atoms with Gasteiger partial charge in [0, 0.05) is 50.0 Å². The fraction of sp³-hybridized carbons (Fsp3) is 0.733. The molecular formula is C15H28N4. The van der Waals surface area contributed by atoms with Crippen LogP contribution < -0.4 is 10.6 Å². The second-order valence-electron chi connectivity index (χ2n) is 6.09. The van der Waals surface area contributed by atoms with Gasteiger partial charge in [0.25, 0.3) is 0 Å². The molecule has 0 saturated carbocycles. The third-order valence-electron chi connectivity index (χ3n) is 3.93. The molecule has 4 nitrogen and oxygen atoms in total. The number of H-pyrrole nitrogens is 1. The number of nitrogens with zero attached hydrogens (tertiary/aromatic N) is 1. The van der Waals surface area contributed by atoms with Gasteiger partial charge < -0.3 is 20.5 Å². The van der Waals surface area contributed by atoms with Crippen molar-refractivity contribution in [2.45, 2.75) is 25.7 Å². The van der Waals surface area contributed by atoms with Gasteiger partial charge >= 0.3 is 0 Å². The molecule has 1 aromatic rings. The van der Waals surface area contributed by atoms with E-state index in [0.717, 1.165) is 26.2 Å². The van der Waals surface area contributed by atoms with E-state index in [0.29, 0.717) is 0 Å². The molecule has 19 heavy (non-hydrogen) atoms. The molecule has 0 unspecified atom stereocenters. The molecule has 0 radical (unpaired) electrons. The number of rotatable bonds is 7. The largest absolute Gasteiger partial charge is 0.365 e. The average molecular weight is 264 g/mol. The van der Waals surface area contributed by atoms with Gasteiger partial charge in [0.2, 0.25) is 0 Å². The van der Waals surface area contributed by atoms with Gasteiger partial charge in [-0.15, -0.1) is 0 Å². The van der Waals surface area contributed by atoms with Crippen LogP contribution in [0.5, 0.6) is 0 Å². The van der Waals surface area contributed by atoms with Crippen molar-refractivity contribution in [3.8, 4) is 0 Å². The highest BCUT2D eigenvalue weighted by molar-refractivity contribution is 5.15. The second-order valence-corrected chi connectivity index (χ2v) is 6.09. The predicted molar refractivity (Wildman–Crippen MR) is 80.6 cm³/mol. The molecule has 1 aromatic heterocycles. The first-order valence-corrected chi connectivity index (χ1v) is 7.46. The van der Waals surface area contributed by atoms with Crippen molar-refractivity contribution in [3.63, 3.8) is 0 Å². The highest BCUT2D eigenvalue weighted by Crippen LogP contribution is 2.19. The summed E-state index contributed by atoms with van der Waals surface area (Å²) in [6.07, 6.45) is 3.24. The lowest BCUT2D eigenvalue weighted by Crippen LogP contribution is -2.44. The molecule has 1 aliphatic heterocycles. The van der Waals surface area contributed by atoms with Crippen LogP contribution in [0.25, 0.3) is 0 Å². The highest BCUT2D eigenvalue weighted by atomic mass is 15.2. The minimum Gasteiger partial charge on any atom is -0.365 e. The Balaban J connectivity index is 1.58. The molecule has 0 spiro atoms. The summed E-state index contributed by atoms with van der Waals surface area (Å²) < 4.78 is 0. The van der Waals surface area contributed by atoms with Crippen LogP contribution in [0.15, 0.2) is 18.3 Å². The summed E-state index contributed by atoms with van der Waals surface area (Å²) in [5.74, 6) is 0. The van der Waals surface area contributed by atoms with Crippen molar-refractivity contribution in [1.82, 2.24) is 20.5 Å². The zero-order valence-electron chi connectivity index (χ0n) is 12.3. The lowest BCUT2D eigenvalue weighted by Gasteiger charge is -2.28. The van der Waals surface area contributed by atoms with Crippen LogP contribution in [-0.2, 0) is 5.41 Å². The first-order valence-electron chi connectivity index (χ1n) is 7.46. The Labute approximate surface area is 117 Å². The molecule has 2 heterocycles. The van der Waals surface area contributed by atoms with Gasteiger partial charge in [-0.1, -0.05) is 13.8 Å². The normalized spacial score (nSPS) is 17.8. The molecule has 1 saturated heterocycles. The maximum atomic E-state index is 3.59. The van der Waals surface area contributed by atoms with Crippen LogP contribution in [0.4, 0.5) is 0 Å². The molecule has 0 aromatic carbocycles. The minimum absolute atomic E-state index is 0.179.